The average Bonchev–Trinajstić information content (AvgIpc) is 3.42. The van der Waals surface area contributed by atoms with Crippen LogP contribution >= 0.6 is 0 Å². The van der Waals surface area contributed by atoms with Crippen molar-refractivity contribution in [2.24, 2.45) is 18.1 Å². The van der Waals surface area contributed by atoms with E-state index < -0.39 is 5.60 Å². The number of anilines is 1. The first-order valence-corrected chi connectivity index (χ1v) is 14.8. The average molecular weight is 596 g/mol. The first-order chi connectivity index (χ1) is 21.0. The van der Waals surface area contributed by atoms with Crippen molar-refractivity contribution < 1.29 is 14.4 Å². The van der Waals surface area contributed by atoms with Crippen molar-refractivity contribution in [3.63, 3.8) is 0 Å². The van der Waals surface area contributed by atoms with Crippen LogP contribution in [0.1, 0.15) is 68.8 Å². The molecular weight excluding hydrogens is 558 g/mol. The number of nitrogens with zero attached hydrogens (tertiary/aromatic N) is 7. The number of cyclic esters (lactones) is 1. The second kappa shape index (κ2) is 12.4. The first-order valence-electron chi connectivity index (χ1n) is 14.8. The summed E-state index contributed by atoms with van der Waals surface area (Å²) in [6, 6.07) is 15.6. The Morgan fingerprint density at radius 3 is 2.39 bits per heavy atom. The fourth-order valence-corrected chi connectivity index (χ4v) is 5.94. The number of oxime groups is 1. The zero-order chi connectivity index (χ0) is 31.6. The number of fused-ring (bicyclic) bond motifs is 1. The molecule has 3 heterocycles. The molecule has 1 amide bonds. The Morgan fingerprint density at radius 2 is 1.80 bits per heavy atom. The molecule has 228 valence electrons. The van der Waals surface area contributed by atoms with E-state index in [9.17, 15) is 20.1 Å². The smallest absolute Gasteiger partial charge is 0.410 e. The van der Waals surface area contributed by atoms with Crippen molar-refractivity contribution >= 4 is 28.5 Å². The summed E-state index contributed by atoms with van der Waals surface area (Å²) in [4.78, 5) is 39.1. The molecule has 5 rings (SSSR count). The van der Waals surface area contributed by atoms with Gasteiger partial charge in [-0.25, -0.2) is 9.78 Å². The van der Waals surface area contributed by atoms with Crippen LogP contribution < -0.4 is 10.5 Å². The highest BCUT2D eigenvalue weighted by molar-refractivity contribution is 6.02. The number of rotatable bonds is 7. The van der Waals surface area contributed by atoms with E-state index in [-0.39, 0.29) is 34.9 Å². The third-order valence-corrected chi connectivity index (χ3v) is 8.31. The number of benzene rings is 1. The van der Waals surface area contributed by atoms with Crippen LogP contribution in [0.2, 0.25) is 0 Å². The van der Waals surface area contributed by atoms with Crippen LogP contribution in [-0.2, 0) is 23.2 Å². The zero-order valence-electron chi connectivity index (χ0n) is 25.8. The maximum atomic E-state index is 13.1. The van der Waals surface area contributed by atoms with Crippen molar-refractivity contribution in [1.82, 2.24) is 14.5 Å². The summed E-state index contributed by atoms with van der Waals surface area (Å²) in [7, 11) is 3.51. The number of carbonyl (C=O) groups is 1. The first kappa shape index (κ1) is 30.6. The van der Waals surface area contributed by atoms with Crippen LogP contribution in [0.5, 0.6) is 0 Å². The van der Waals surface area contributed by atoms with E-state index in [1.165, 1.54) is 4.57 Å². The lowest BCUT2D eigenvalue weighted by Gasteiger charge is -2.37. The molecule has 1 aliphatic heterocycles. The molecule has 11 heteroatoms. The summed E-state index contributed by atoms with van der Waals surface area (Å²) in [6.07, 6.45) is 2.95. The quantitative estimate of drug-likeness (QED) is 0.279. The Labute approximate surface area is 256 Å². The fourth-order valence-electron chi connectivity index (χ4n) is 5.94. The Hall–Kier alpha value is -4.90. The third kappa shape index (κ3) is 6.23. The van der Waals surface area contributed by atoms with Gasteiger partial charge in [-0.15, -0.1) is 0 Å². The van der Waals surface area contributed by atoms with E-state index >= 15 is 0 Å². The molecule has 1 saturated carbocycles. The van der Waals surface area contributed by atoms with Gasteiger partial charge in [0.1, 0.15) is 41.1 Å². The van der Waals surface area contributed by atoms with Gasteiger partial charge in [0.25, 0.3) is 5.56 Å². The Bertz CT molecular complexity index is 1730. The molecule has 0 unspecified atom stereocenters. The minimum absolute atomic E-state index is 0.0234. The van der Waals surface area contributed by atoms with Crippen LogP contribution in [0.4, 0.5) is 10.5 Å². The molecular formula is C33H37N7O4. The summed E-state index contributed by atoms with van der Waals surface area (Å²) < 4.78 is 6.46. The maximum Gasteiger partial charge on any atom is 0.410 e. The van der Waals surface area contributed by atoms with E-state index in [2.05, 4.69) is 22.3 Å². The number of hydrogen-bond acceptors (Lipinski definition) is 9. The topological polar surface area (TPSA) is 137 Å². The molecule has 0 bridgehead atoms. The molecule has 2 aliphatic rings. The van der Waals surface area contributed by atoms with Gasteiger partial charge in [0, 0.05) is 32.6 Å². The van der Waals surface area contributed by atoms with Crippen molar-refractivity contribution in [1.29, 1.82) is 10.5 Å². The largest absolute Gasteiger partial charge is 0.448 e. The van der Waals surface area contributed by atoms with Gasteiger partial charge < -0.3 is 23.9 Å². The highest BCUT2D eigenvalue weighted by Crippen LogP contribution is 2.35. The third-order valence-electron chi connectivity index (χ3n) is 8.31. The standard InChI is InChI=1S/C33H37N7O4/c1-33(2,3)44-37-28(22-8-6-21(7-9-22)20-40-16-17-43-32(40)42)23-10-13-25(14-11-23)38(4)30-26(19-35)31(41)39(5)27-15-12-24(18-34)36-29(27)30/h6-9,12,15,23,25H,10-11,13-14,16-17,20H2,1-5H3/b37-28+. The maximum absolute atomic E-state index is 13.1. The number of amides is 1. The van der Waals surface area contributed by atoms with Crippen LogP contribution in [0.25, 0.3) is 11.0 Å². The SMILES string of the molecule is CN(c1c(C#N)c(=O)n(C)c2ccc(C#N)nc12)C1CCC(/C(=N/OC(C)(C)C)c2ccc(CN3CCOC3=O)cc2)CC1. The highest BCUT2D eigenvalue weighted by Gasteiger charge is 2.32. The lowest BCUT2D eigenvalue weighted by atomic mass is 9.80. The van der Waals surface area contributed by atoms with E-state index in [1.54, 1.807) is 24.1 Å². The van der Waals surface area contributed by atoms with E-state index in [0.717, 1.165) is 42.5 Å². The van der Waals surface area contributed by atoms with Crippen molar-refractivity contribution in [3.8, 4) is 12.1 Å². The van der Waals surface area contributed by atoms with Gasteiger partial charge in [-0.1, -0.05) is 29.4 Å². The van der Waals surface area contributed by atoms with E-state index in [4.69, 9.17) is 9.57 Å². The molecule has 0 radical (unpaired) electrons. The van der Waals surface area contributed by atoms with Crippen molar-refractivity contribution in [3.05, 3.63) is 69.1 Å². The molecule has 1 aliphatic carbocycles. The second-order valence-electron chi connectivity index (χ2n) is 12.4. The monoisotopic (exact) mass is 595 g/mol. The zero-order valence-corrected chi connectivity index (χ0v) is 25.8. The summed E-state index contributed by atoms with van der Waals surface area (Å²) in [5.41, 5.74) is 3.77. The van der Waals surface area contributed by atoms with Crippen LogP contribution in [-0.4, -0.2) is 58.1 Å². The molecule has 1 aromatic carbocycles. The number of aromatic nitrogens is 2. The van der Waals surface area contributed by atoms with Crippen LogP contribution in [0.3, 0.4) is 0 Å². The lowest BCUT2D eigenvalue weighted by Crippen LogP contribution is -2.39. The number of aryl methyl sites for hydroxylation is 1. The summed E-state index contributed by atoms with van der Waals surface area (Å²) in [5.74, 6) is 0.139. The Morgan fingerprint density at radius 1 is 1.09 bits per heavy atom. The Kier molecular flexibility index (Phi) is 8.59. The number of pyridine rings is 2. The predicted octanol–water partition coefficient (Wildman–Crippen LogP) is 4.84. The molecule has 2 fully saturated rings. The predicted molar refractivity (Wildman–Crippen MR) is 166 cm³/mol. The van der Waals surface area contributed by atoms with E-state index in [0.29, 0.717) is 36.4 Å². The van der Waals surface area contributed by atoms with Gasteiger partial charge >= 0.3 is 6.09 Å². The van der Waals surface area contributed by atoms with Gasteiger partial charge in [-0.3, -0.25) is 4.79 Å². The van der Waals surface area contributed by atoms with Gasteiger partial charge in [-0.2, -0.15) is 10.5 Å². The van der Waals surface area contributed by atoms with Gasteiger partial charge in [-0.05, 0) is 69.7 Å². The molecule has 0 N–H and O–H groups in total. The van der Waals surface area contributed by atoms with Crippen LogP contribution in [0.15, 0.2) is 46.3 Å². The summed E-state index contributed by atoms with van der Waals surface area (Å²) >= 11 is 0. The molecule has 11 nitrogen and oxygen atoms in total. The normalized spacial score (nSPS) is 18.9. The van der Waals surface area contributed by atoms with Crippen molar-refractivity contribution in [2.75, 3.05) is 25.1 Å². The fraction of sp³-hybridized carbons (Fsp3) is 0.455. The number of nitriles is 2. The van der Waals surface area contributed by atoms with Crippen LogP contribution in [0, 0.1) is 28.6 Å². The highest BCUT2D eigenvalue weighted by atomic mass is 16.6. The molecule has 1 saturated heterocycles. The van der Waals surface area contributed by atoms with E-state index in [1.807, 2.05) is 57.0 Å². The second-order valence-corrected chi connectivity index (χ2v) is 12.4. The molecule has 3 aromatic rings. The summed E-state index contributed by atoms with van der Waals surface area (Å²) in [5, 5.41) is 24.1. The number of carbonyl (C=O) groups excluding carboxylic acids is 1. The Balaban J connectivity index is 1.39. The minimum Gasteiger partial charge on any atom is -0.448 e. The number of hydrogen-bond donors (Lipinski definition) is 0. The molecule has 44 heavy (non-hydrogen) atoms. The number of ether oxygens (including phenoxy) is 1. The van der Waals surface area contributed by atoms with Gasteiger partial charge in [0.05, 0.1) is 23.5 Å². The molecule has 2 aromatic heterocycles. The minimum atomic E-state index is -0.456. The lowest BCUT2D eigenvalue weighted by molar-refractivity contribution is -0.0000309. The molecule has 0 atom stereocenters. The van der Waals surface area contributed by atoms with Crippen molar-refractivity contribution in [2.45, 2.75) is 64.6 Å². The summed E-state index contributed by atoms with van der Waals surface area (Å²) in [6.45, 7) is 7.39. The van der Waals surface area contributed by atoms with Gasteiger partial charge in [0.15, 0.2) is 0 Å². The molecule has 0 spiro atoms. The van der Waals surface area contributed by atoms with Gasteiger partial charge in [0.2, 0.25) is 0 Å².